The largest absolute Gasteiger partial charge is 0.280 e. The van der Waals surface area contributed by atoms with Crippen LogP contribution in [0.5, 0.6) is 0 Å². The lowest BCUT2D eigenvalue weighted by Crippen LogP contribution is -2.61. The Hall–Kier alpha value is -0.130. The number of nitrogens with zero attached hydrogens (tertiary/aromatic N) is 1. The van der Waals surface area contributed by atoms with Crippen molar-refractivity contribution in [2.45, 2.75) is 78.9 Å². The summed E-state index contributed by atoms with van der Waals surface area (Å²) in [6.07, 6.45) is 0. The van der Waals surface area contributed by atoms with Gasteiger partial charge in [0, 0.05) is 16.6 Å². The van der Waals surface area contributed by atoms with Gasteiger partial charge in [0.2, 0.25) is 0 Å². The van der Waals surface area contributed by atoms with Gasteiger partial charge in [0.05, 0.1) is 0 Å². The Morgan fingerprint density at radius 3 is 1.24 bits per heavy atom. The molecular weight excluding hydrogens is 236 g/mol. The normalized spacial score (nSPS) is 15.4. The molecule has 0 bridgehead atoms. The van der Waals surface area contributed by atoms with Crippen LogP contribution >= 0.6 is 0 Å². The van der Waals surface area contributed by atoms with Crippen molar-refractivity contribution < 1.29 is 8.42 Å². The first-order valence-electron chi connectivity index (χ1n) is 5.92. The van der Waals surface area contributed by atoms with Crippen LogP contribution in [0.15, 0.2) is 0 Å². The molecule has 0 amide bonds. The zero-order chi connectivity index (χ0) is 14.3. The molecule has 0 aromatic carbocycles. The maximum Gasteiger partial charge on any atom is 0.280 e. The van der Waals surface area contributed by atoms with Crippen LogP contribution in [-0.4, -0.2) is 29.3 Å². The predicted molar refractivity (Wildman–Crippen MR) is 73.2 cm³/mol. The quantitative estimate of drug-likeness (QED) is 0.833. The molecule has 0 spiro atoms. The number of hydrogen-bond donors (Lipinski definition) is 1. The molecule has 104 valence electrons. The van der Waals surface area contributed by atoms with Gasteiger partial charge in [-0.3, -0.25) is 0 Å². The minimum absolute atomic E-state index is 0.463. The van der Waals surface area contributed by atoms with Crippen LogP contribution in [0.3, 0.4) is 0 Å². The van der Waals surface area contributed by atoms with E-state index in [1.807, 2.05) is 62.3 Å². The summed E-state index contributed by atoms with van der Waals surface area (Å²) >= 11 is 0. The molecule has 0 aromatic rings. The van der Waals surface area contributed by atoms with E-state index >= 15 is 0 Å². The van der Waals surface area contributed by atoms with Gasteiger partial charge in [-0.2, -0.15) is 17.4 Å². The second-order valence-corrected chi connectivity index (χ2v) is 8.98. The lowest BCUT2D eigenvalue weighted by molar-refractivity contribution is 0.136. The average Bonchev–Trinajstić information content (AvgIpc) is 1.66. The maximum atomic E-state index is 12.5. The third kappa shape index (κ3) is 5.36. The second kappa shape index (κ2) is 4.52. The lowest BCUT2D eigenvalue weighted by atomic mass is 10.0. The SMILES string of the molecule is CC(C)(C)NS(=O)(=O)N(C(C)(C)C)C(C)(C)C. The second-order valence-electron chi connectivity index (χ2n) is 7.46. The van der Waals surface area contributed by atoms with E-state index in [4.69, 9.17) is 0 Å². The first kappa shape index (κ1) is 16.9. The Kier molecular flexibility index (Phi) is 4.48. The molecule has 0 unspecified atom stereocenters. The molecule has 0 heterocycles. The van der Waals surface area contributed by atoms with Gasteiger partial charge in [0.15, 0.2) is 0 Å². The highest BCUT2D eigenvalue weighted by Crippen LogP contribution is 2.28. The fourth-order valence-electron chi connectivity index (χ4n) is 2.16. The Labute approximate surface area is 107 Å². The third-order valence-corrected chi connectivity index (χ3v) is 4.34. The summed E-state index contributed by atoms with van der Waals surface area (Å²) in [5, 5.41) is 0. The first-order valence-corrected chi connectivity index (χ1v) is 7.36. The van der Waals surface area contributed by atoms with Gasteiger partial charge in [-0.1, -0.05) is 0 Å². The zero-order valence-corrected chi connectivity index (χ0v) is 13.5. The summed E-state index contributed by atoms with van der Waals surface area (Å²) in [6.45, 7) is 16.9. The van der Waals surface area contributed by atoms with Gasteiger partial charge in [-0.05, 0) is 62.3 Å². The van der Waals surface area contributed by atoms with Crippen molar-refractivity contribution in [1.29, 1.82) is 0 Å². The highest BCUT2D eigenvalue weighted by molar-refractivity contribution is 7.87. The van der Waals surface area contributed by atoms with Crippen molar-refractivity contribution in [1.82, 2.24) is 9.03 Å². The van der Waals surface area contributed by atoms with Crippen molar-refractivity contribution in [3.05, 3.63) is 0 Å². The molecule has 1 N–H and O–H groups in total. The summed E-state index contributed by atoms with van der Waals surface area (Å²) in [5.41, 5.74) is -1.40. The number of hydrogen-bond acceptors (Lipinski definition) is 2. The van der Waals surface area contributed by atoms with E-state index in [-0.39, 0.29) is 0 Å². The van der Waals surface area contributed by atoms with Crippen LogP contribution in [0.1, 0.15) is 62.3 Å². The highest BCUT2D eigenvalue weighted by atomic mass is 32.2. The van der Waals surface area contributed by atoms with Crippen LogP contribution < -0.4 is 4.72 Å². The minimum atomic E-state index is -3.51. The van der Waals surface area contributed by atoms with E-state index in [1.54, 1.807) is 0 Å². The van der Waals surface area contributed by atoms with E-state index in [2.05, 4.69) is 4.72 Å². The van der Waals surface area contributed by atoms with Crippen molar-refractivity contribution in [2.75, 3.05) is 0 Å². The standard InChI is InChI=1S/C12H28N2O2S/c1-10(2,3)13-17(15,16)14(11(4,5)6)12(7,8)9/h13H,1-9H3. The molecule has 0 aliphatic heterocycles. The summed E-state index contributed by atoms with van der Waals surface area (Å²) in [6, 6.07) is 0. The van der Waals surface area contributed by atoms with Crippen molar-refractivity contribution >= 4 is 10.2 Å². The van der Waals surface area contributed by atoms with E-state index < -0.39 is 26.8 Å². The van der Waals surface area contributed by atoms with Gasteiger partial charge in [-0.15, -0.1) is 0 Å². The van der Waals surface area contributed by atoms with Crippen LogP contribution in [-0.2, 0) is 10.2 Å². The van der Waals surface area contributed by atoms with E-state index in [0.29, 0.717) is 0 Å². The fourth-order valence-corrected chi connectivity index (χ4v) is 4.47. The Morgan fingerprint density at radius 1 is 0.765 bits per heavy atom. The molecule has 0 rings (SSSR count). The Bertz CT molecular complexity index is 339. The molecule has 0 fully saturated rings. The van der Waals surface area contributed by atoms with E-state index in [9.17, 15) is 8.42 Å². The zero-order valence-electron chi connectivity index (χ0n) is 12.7. The monoisotopic (exact) mass is 264 g/mol. The van der Waals surface area contributed by atoms with Gasteiger partial charge in [0.25, 0.3) is 10.2 Å². The Morgan fingerprint density at radius 2 is 1.06 bits per heavy atom. The van der Waals surface area contributed by atoms with Gasteiger partial charge >= 0.3 is 0 Å². The van der Waals surface area contributed by atoms with Crippen molar-refractivity contribution in [2.24, 2.45) is 0 Å². The molecule has 0 aliphatic carbocycles. The van der Waals surface area contributed by atoms with Gasteiger partial charge in [0.1, 0.15) is 0 Å². The summed E-state index contributed by atoms with van der Waals surface area (Å²) in [7, 11) is -3.51. The topological polar surface area (TPSA) is 49.4 Å². The van der Waals surface area contributed by atoms with Crippen LogP contribution in [0.25, 0.3) is 0 Å². The summed E-state index contributed by atoms with van der Waals surface area (Å²) < 4.78 is 29.1. The van der Waals surface area contributed by atoms with E-state index in [0.717, 1.165) is 0 Å². The average molecular weight is 264 g/mol. The fraction of sp³-hybridized carbons (Fsp3) is 1.00. The van der Waals surface area contributed by atoms with Gasteiger partial charge in [-0.25, -0.2) is 0 Å². The van der Waals surface area contributed by atoms with Crippen molar-refractivity contribution in [3.8, 4) is 0 Å². The van der Waals surface area contributed by atoms with E-state index in [1.165, 1.54) is 4.31 Å². The molecule has 5 heteroatoms. The molecular formula is C12H28N2O2S. The molecule has 17 heavy (non-hydrogen) atoms. The molecule has 4 nitrogen and oxygen atoms in total. The molecule has 0 atom stereocenters. The first-order chi connectivity index (χ1) is 7.07. The smallest absolute Gasteiger partial charge is 0.197 e. The molecule has 0 aromatic heterocycles. The summed E-state index contributed by atoms with van der Waals surface area (Å²) in [5.74, 6) is 0. The van der Waals surface area contributed by atoms with Crippen LogP contribution in [0, 0.1) is 0 Å². The molecule has 0 aliphatic rings. The number of nitrogens with one attached hydrogen (secondary N) is 1. The molecule has 0 saturated carbocycles. The maximum absolute atomic E-state index is 12.5. The highest BCUT2D eigenvalue weighted by Gasteiger charge is 2.42. The third-order valence-electron chi connectivity index (χ3n) is 1.89. The lowest BCUT2D eigenvalue weighted by Gasteiger charge is -2.44. The van der Waals surface area contributed by atoms with Crippen LogP contribution in [0.4, 0.5) is 0 Å². The molecule has 0 radical (unpaired) electrons. The van der Waals surface area contributed by atoms with Crippen molar-refractivity contribution in [3.63, 3.8) is 0 Å². The minimum Gasteiger partial charge on any atom is -0.197 e. The van der Waals surface area contributed by atoms with Gasteiger partial charge < -0.3 is 0 Å². The molecule has 0 saturated heterocycles. The summed E-state index contributed by atoms with van der Waals surface area (Å²) in [4.78, 5) is 0. The Balaban J connectivity index is 5.52. The van der Waals surface area contributed by atoms with Crippen LogP contribution in [0.2, 0.25) is 0 Å². The number of rotatable bonds is 2. The predicted octanol–water partition coefficient (Wildman–Crippen LogP) is 2.52.